The van der Waals surface area contributed by atoms with Gasteiger partial charge in [0.1, 0.15) is 0 Å². The van der Waals surface area contributed by atoms with Crippen LogP contribution >= 0.6 is 0 Å². The van der Waals surface area contributed by atoms with Gasteiger partial charge in [-0.2, -0.15) is 0 Å². The fourth-order valence-electron chi connectivity index (χ4n) is 0.955. The van der Waals surface area contributed by atoms with Gasteiger partial charge in [0, 0.05) is 6.04 Å². The van der Waals surface area contributed by atoms with Gasteiger partial charge in [0.05, 0.1) is 19.7 Å². The topological polar surface area (TPSA) is 67.4 Å². The van der Waals surface area contributed by atoms with Gasteiger partial charge < -0.3 is 10.1 Å². The summed E-state index contributed by atoms with van der Waals surface area (Å²) in [5, 5.41) is 5.62. The molecule has 1 saturated carbocycles. The van der Waals surface area contributed by atoms with Gasteiger partial charge in [-0.3, -0.25) is 14.9 Å². The van der Waals surface area contributed by atoms with E-state index in [0.717, 1.165) is 12.8 Å². The van der Waals surface area contributed by atoms with Gasteiger partial charge in [0.15, 0.2) is 0 Å². The Hall–Kier alpha value is -1.10. The van der Waals surface area contributed by atoms with Crippen LogP contribution in [0, 0.1) is 0 Å². The number of amides is 1. The van der Waals surface area contributed by atoms with E-state index in [1.165, 1.54) is 7.11 Å². The average molecular weight is 200 g/mol. The Morgan fingerprint density at radius 3 is 2.64 bits per heavy atom. The van der Waals surface area contributed by atoms with Crippen LogP contribution in [0.4, 0.5) is 0 Å². The molecule has 0 bridgehead atoms. The van der Waals surface area contributed by atoms with Crippen molar-refractivity contribution < 1.29 is 14.3 Å². The highest BCUT2D eigenvalue weighted by Crippen LogP contribution is 2.18. The fourth-order valence-corrected chi connectivity index (χ4v) is 0.955. The lowest BCUT2D eigenvalue weighted by Gasteiger charge is -2.12. The minimum absolute atomic E-state index is 0.0589. The summed E-state index contributed by atoms with van der Waals surface area (Å²) >= 11 is 0. The molecule has 80 valence electrons. The Bertz CT molecular complexity index is 226. The smallest absolute Gasteiger partial charge is 0.319 e. The highest BCUT2D eigenvalue weighted by Gasteiger charge is 2.25. The molecule has 5 heteroatoms. The second-order valence-electron chi connectivity index (χ2n) is 3.46. The molecule has 1 unspecified atom stereocenters. The molecule has 1 aliphatic carbocycles. The van der Waals surface area contributed by atoms with Crippen molar-refractivity contribution in [3.05, 3.63) is 0 Å². The zero-order chi connectivity index (χ0) is 10.6. The van der Waals surface area contributed by atoms with Crippen LogP contribution < -0.4 is 10.6 Å². The molecule has 0 aromatic rings. The SMILES string of the molecule is COC(=O)CNC(C)C(=O)NC1CC1. The molecule has 0 saturated heterocycles. The third kappa shape index (κ3) is 3.74. The predicted molar refractivity (Wildman–Crippen MR) is 50.6 cm³/mol. The van der Waals surface area contributed by atoms with Gasteiger partial charge in [-0.25, -0.2) is 0 Å². The molecule has 0 radical (unpaired) electrons. The average Bonchev–Trinajstić information content (AvgIpc) is 2.97. The highest BCUT2D eigenvalue weighted by atomic mass is 16.5. The van der Waals surface area contributed by atoms with Crippen molar-refractivity contribution in [3.63, 3.8) is 0 Å². The van der Waals surface area contributed by atoms with Crippen molar-refractivity contribution in [2.45, 2.75) is 31.8 Å². The van der Waals surface area contributed by atoms with Gasteiger partial charge in [-0.05, 0) is 19.8 Å². The first-order valence-corrected chi connectivity index (χ1v) is 4.74. The molecule has 1 fully saturated rings. The van der Waals surface area contributed by atoms with Crippen LogP contribution in [0.1, 0.15) is 19.8 Å². The number of hydrogen-bond donors (Lipinski definition) is 2. The van der Waals surface area contributed by atoms with Crippen LogP contribution in [0.25, 0.3) is 0 Å². The molecule has 0 aromatic carbocycles. The lowest BCUT2D eigenvalue weighted by molar-refractivity contribution is -0.139. The second-order valence-corrected chi connectivity index (χ2v) is 3.46. The maximum Gasteiger partial charge on any atom is 0.319 e. The number of rotatable bonds is 5. The van der Waals surface area contributed by atoms with Gasteiger partial charge in [-0.15, -0.1) is 0 Å². The third-order valence-corrected chi connectivity index (χ3v) is 2.10. The molecular formula is C9H16N2O3. The summed E-state index contributed by atoms with van der Waals surface area (Å²) in [4.78, 5) is 22.1. The molecule has 2 N–H and O–H groups in total. The minimum Gasteiger partial charge on any atom is -0.468 e. The minimum atomic E-state index is -0.365. The number of carbonyl (C=O) groups is 2. The summed E-state index contributed by atoms with van der Waals surface area (Å²) < 4.78 is 4.44. The maximum atomic E-state index is 11.4. The quantitative estimate of drug-likeness (QED) is 0.582. The monoisotopic (exact) mass is 200 g/mol. The van der Waals surface area contributed by atoms with Gasteiger partial charge in [0.25, 0.3) is 0 Å². The predicted octanol–water partition coefficient (Wildman–Crippen LogP) is -0.584. The van der Waals surface area contributed by atoms with Crippen molar-refractivity contribution >= 4 is 11.9 Å². The second kappa shape index (κ2) is 4.95. The molecule has 0 heterocycles. The summed E-state index contributed by atoms with van der Waals surface area (Å²) in [6.07, 6.45) is 2.13. The van der Waals surface area contributed by atoms with E-state index in [4.69, 9.17) is 0 Å². The van der Waals surface area contributed by atoms with Crippen molar-refractivity contribution in [1.29, 1.82) is 0 Å². The Labute approximate surface area is 83.2 Å². The number of carbonyl (C=O) groups excluding carboxylic acids is 2. The molecule has 5 nitrogen and oxygen atoms in total. The first-order valence-electron chi connectivity index (χ1n) is 4.74. The summed E-state index contributed by atoms with van der Waals surface area (Å²) in [6.45, 7) is 1.79. The first kappa shape index (κ1) is 11.0. The molecular weight excluding hydrogens is 184 g/mol. The summed E-state index contributed by atoms with van der Waals surface area (Å²) in [7, 11) is 1.32. The Morgan fingerprint density at radius 1 is 1.50 bits per heavy atom. The zero-order valence-corrected chi connectivity index (χ0v) is 8.50. The van der Waals surface area contributed by atoms with Crippen molar-refractivity contribution in [3.8, 4) is 0 Å². The standard InChI is InChI=1S/C9H16N2O3/c1-6(10-5-8(12)14-2)9(13)11-7-3-4-7/h6-7,10H,3-5H2,1-2H3,(H,11,13). The largest absolute Gasteiger partial charge is 0.468 e. The number of esters is 1. The lowest BCUT2D eigenvalue weighted by Crippen LogP contribution is -2.44. The van der Waals surface area contributed by atoms with E-state index < -0.39 is 0 Å². The van der Waals surface area contributed by atoms with Crippen LogP contribution in [-0.2, 0) is 14.3 Å². The normalized spacial score (nSPS) is 17.3. The fraction of sp³-hybridized carbons (Fsp3) is 0.778. The van der Waals surface area contributed by atoms with Crippen LogP contribution in [0.5, 0.6) is 0 Å². The Balaban J connectivity index is 2.15. The summed E-state index contributed by atoms with van der Waals surface area (Å²) in [5.41, 5.74) is 0. The van der Waals surface area contributed by atoms with Gasteiger partial charge in [0.2, 0.25) is 5.91 Å². The van der Waals surface area contributed by atoms with Gasteiger partial charge >= 0.3 is 5.97 Å². The molecule has 1 aliphatic rings. The first-order chi connectivity index (χ1) is 6.63. The Morgan fingerprint density at radius 2 is 2.14 bits per heavy atom. The van der Waals surface area contributed by atoms with E-state index in [1.807, 2.05) is 0 Å². The molecule has 0 aliphatic heterocycles. The maximum absolute atomic E-state index is 11.4. The van der Waals surface area contributed by atoms with E-state index in [2.05, 4.69) is 15.4 Å². The Kier molecular flexibility index (Phi) is 3.88. The number of nitrogens with one attached hydrogen (secondary N) is 2. The van der Waals surface area contributed by atoms with Crippen molar-refractivity contribution in [2.24, 2.45) is 0 Å². The molecule has 1 atom stereocenters. The molecule has 1 rings (SSSR count). The molecule has 1 amide bonds. The third-order valence-electron chi connectivity index (χ3n) is 2.10. The summed E-state index contributed by atoms with van der Waals surface area (Å²) in [5.74, 6) is -0.424. The van der Waals surface area contributed by atoms with Crippen LogP contribution in [0.3, 0.4) is 0 Å². The van der Waals surface area contributed by atoms with Crippen LogP contribution in [0.2, 0.25) is 0 Å². The number of methoxy groups -OCH3 is 1. The molecule has 0 aromatic heterocycles. The van der Waals surface area contributed by atoms with Crippen molar-refractivity contribution in [1.82, 2.24) is 10.6 Å². The van der Waals surface area contributed by atoms with E-state index in [1.54, 1.807) is 6.92 Å². The van der Waals surface area contributed by atoms with Crippen molar-refractivity contribution in [2.75, 3.05) is 13.7 Å². The lowest BCUT2D eigenvalue weighted by atomic mass is 10.3. The van der Waals surface area contributed by atoms with Gasteiger partial charge in [-0.1, -0.05) is 0 Å². The van der Waals surface area contributed by atoms with E-state index in [0.29, 0.717) is 6.04 Å². The van der Waals surface area contributed by atoms with E-state index >= 15 is 0 Å². The van der Waals surface area contributed by atoms with Crippen LogP contribution in [0.15, 0.2) is 0 Å². The number of ether oxygens (including phenoxy) is 1. The van der Waals surface area contributed by atoms with Crippen LogP contribution in [-0.4, -0.2) is 37.6 Å². The summed E-state index contributed by atoms with van der Waals surface area (Å²) in [6, 6.07) is -0.000392. The number of hydrogen-bond acceptors (Lipinski definition) is 4. The molecule has 14 heavy (non-hydrogen) atoms. The van der Waals surface area contributed by atoms with E-state index in [9.17, 15) is 9.59 Å². The van der Waals surface area contributed by atoms with E-state index in [-0.39, 0.29) is 24.5 Å². The zero-order valence-electron chi connectivity index (χ0n) is 8.50. The highest BCUT2D eigenvalue weighted by molar-refractivity contribution is 5.82. The molecule has 0 spiro atoms.